The van der Waals surface area contributed by atoms with Crippen LogP contribution < -0.4 is 5.32 Å². The maximum atomic E-state index is 4.63. The smallest absolute Gasteiger partial charge is 0.0624 e. The van der Waals surface area contributed by atoms with Crippen molar-refractivity contribution >= 4 is 0 Å². The zero-order valence-electron chi connectivity index (χ0n) is 12.7. The van der Waals surface area contributed by atoms with Gasteiger partial charge in [0.15, 0.2) is 0 Å². The lowest BCUT2D eigenvalue weighted by atomic mass is 10.0. The van der Waals surface area contributed by atoms with Crippen LogP contribution in [0.1, 0.15) is 64.6 Å². The van der Waals surface area contributed by atoms with Crippen molar-refractivity contribution in [1.82, 2.24) is 15.1 Å². The van der Waals surface area contributed by atoms with Gasteiger partial charge in [0, 0.05) is 18.3 Å². The highest BCUT2D eigenvalue weighted by Gasteiger charge is 2.30. The predicted molar refractivity (Wildman–Crippen MR) is 80.4 cm³/mol. The van der Waals surface area contributed by atoms with Gasteiger partial charge in [-0.15, -0.1) is 0 Å². The fourth-order valence-corrected chi connectivity index (χ4v) is 2.63. The van der Waals surface area contributed by atoms with E-state index in [2.05, 4.69) is 48.1 Å². The van der Waals surface area contributed by atoms with E-state index in [0.29, 0.717) is 6.04 Å². The first-order valence-electron chi connectivity index (χ1n) is 7.98. The minimum atomic E-state index is 0.471. The third-order valence-corrected chi connectivity index (χ3v) is 3.99. The fourth-order valence-electron chi connectivity index (χ4n) is 2.63. The quantitative estimate of drug-likeness (QED) is 0.738. The highest BCUT2D eigenvalue weighted by atomic mass is 15.3. The van der Waals surface area contributed by atoms with Crippen LogP contribution in [-0.4, -0.2) is 22.4 Å². The van der Waals surface area contributed by atoms with Gasteiger partial charge in [0.05, 0.1) is 5.69 Å². The maximum Gasteiger partial charge on any atom is 0.0624 e. The average molecular weight is 263 g/mol. The molecule has 2 rings (SSSR count). The molecule has 0 radical (unpaired) electrons. The highest BCUT2D eigenvalue weighted by Crippen LogP contribution is 2.34. The summed E-state index contributed by atoms with van der Waals surface area (Å²) in [7, 11) is 0. The van der Waals surface area contributed by atoms with Gasteiger partial charge >= 0.3 is 0 Å². The van der Waals surface area contributed by atoms with Crippen LogP contribution in [0.4, 0.5) is 0 Å². The molecule has 0 spiro atoms. The monoisotopic (exact) mass is 263 g/mol. The molecule has 1 aromatic heterocycles. The van der Waals surface area contributed by atoms with Crippen LogP contribution in [0.3, 0.4) is 0 Å². The van der Waals surface area contributed by atoms with Crippen molar-refractivity contribution < 1.29 is 0 Å². The molecule has 1 saturated carbocycles. The molecular formula is C16H29N3. The van der Waals surface area contributed by atoms with E-state index in [1.54, 1.807) is 0 Å². The van der Waals surface area contributed by atoms with E-state index in [4.69, 9.17) is 0 Å². The Balaban J connectivity index is 1.71. The van der Waals surface area contributed by atoms with Gasteiger partial charge in [-0.3, -0.25) is 4.68 Å². The topological polar surface area (TPSA) is 29.9 Å². The van der Waals surface area contributed by atoms with Crippen LogP contribution in [0.15, 0.2) is 12.3 Å². The molecule has 0 saturated heterocycles. The Kier molecular flexibility index (Phi) is 5.44. The van der Waals surface area contributed by atoms with Gasteiger partial charge in [0.25, 0.3) is 0 Å². The predicted octanol–water partition coefficient (Wildman–Crippen LogP) is 3.56. The molecule has 3 nitrogen and oxygen atoms in total. The number of rotatable bonds is 9. The molecule has 1 aliphatic carbocycles. The largest absolute Gasteiger partial charge is 0.314 e. The second-order valence-electron chi connectivity index (χ2n) is 6.17. The molecule has 1 aliphatic rings. The van der Waals surface area contributed by atoms with E-state index in [1.165, 1.54) is 44.3 Å². The van der Waals surface area contributed by atoms with Crippen molar-refractivity contribution in [3.8, 4) is 0 Å². The van der Waals surface area contributed by atoms with Gasteiger partial charge in [0.2, 0.25) is 0 Å². The number of aromatic nitrogens is 2. The number of hydrogen-bond donors (Lipinski definition) is 1. The Hall–Kier alpha value is -0.830. The second kappa shape index (κ2) is 7.09. The second-order valence-corrected chi connectivity index (χ2v) is 6.17. The third-order valence-electron chi connectivity index (χ3n) is 3.99. The molecule has 1 unspecified atom stereocenters. The van der Waals surface area contributed by atoms with E-state index in [-0.39, 0.29) is 0 Å². The summed E-state index contributed by atoms with van der Waals surface area (Å²) in [5, 5.41) is 8.34. The molecule has 1 N–H and O–H groups in total. The van der Waals surface area contributed by atoms with Crippen LogP contribution in [-0.2, 0) is 6.42 Å². The lowest BCUT2D eigenvalue weighted by molar-refractivity contribution is 0.423. The lowest BCUT2D eigenvalue weighted by Crippen LogP contribution is -2.31. The molecule has 1 atom stereocenters. The summed E-state index contributed by atoms with van der Waals surface area (Å²) in [5.41, 5.74) is 1.25. The minimum Gasteiger partial charge on any atom is -0.314 e. The summed E-state index contributed by atoms with van der Waals surface area (Å²) in [6.07, 6.45) is 9.89. The van der Waals surface area contributed by atoms with Crippen molar-refractivity contribution in [2.24, 2.45) is 5.92 Å². The van der Waals surface area contributed by atoms with Crippen molar-refractivity contribution in [2.45, 2.75) is 71.4 Å². The zero-order chi connectivity index (χ0) is 13.7. The highest BCUT2D eigenvalue weighted by molar-refractivity contribution is 5.00. The molecule has 3 heteroatoms. The molecule has 19 heavy (non-hydrogen) atoms. The van der Waals surface area contributed by atoms with E-state index in [9.17, 15) is 0 Å². The third kappa shape index (κ3) is 4.64. The molecular weight excluding hydrogens is 234 g/mol. The molecule has 0 aromatic carbocycles. The van der Waals surface area contributed by atoms with Crippen LogP contribution in [0.5, 0.6) is 0 Å². The summed E-state index contributed by atoms with van der Waals surface area (Å²) in [4.78, 5) is 0. The van der Waals surface area contributed by atoms with E-state index < -0.39 is 0 Å². The number of aryl methyl sites for hydroxylation is 1. The van der Waals surface area contributed by atoms with Crippen LogP contribution in [0, 0.1) is 5.92 Å². The van der Waals surface area contributed by atoms with E-state index in [0.717, 1.165) is 18.4 Å². The van der Waals surface area contributed by atoms with Crippen LogP contribution >= 0.6 is 0 Å². The summed E-state index contributed by atoms with van der Waals surface area (Å²) in [6, 6.07) is 3.40. The normalized spacial score (nSPS) is 17.1. The maximum absolute atomic E-state index is 4.63. The molecule has 0 amide bonds. The Bertz CT molecular complexity index is 366. The Labute approximate surface area is 117 Å². The summed E-state index contributed by atoms with van der Waals surface area (Å²) in [5.74, 6) is 0.958. The molecule has 1 fully saturated rings. The lowest BCUT2D eigenvalue weighted by Gasteiger charge is -2.17. The first-order chi connectivity index (χ1) is 9.20. The first kappa shape index (κ1) is 14.6. The molecule has 1 aromatic rings. The standard InChI is InChI=1S/C16H29N3/c1-4-11-17-16(14-8-9-14)7-5-6-15-10-12-19(18-15)13(2)3/h10,12-14,16-17H,4-9,11H2,1-3H3. The van der Waals surface area contributed by atoms with Gasteiger partial charge in [-0.05, 0) is 70.9 Å². The van der Waals surface area contributed by atoms with E-state index in [1.807, 2.05) is 0 Å². The summed E-state index contributed by atoms with van der Waals surface area (Å²) in [6.45, 7) is 7.77. The average Bonchev–Trinajstić information content (AvgIpc) is 3.12. The van der Waals surface area contributed by atoms with E-state index >= 15 is 0 Å². The van der Waals surface area contributed by atoms with Crippen molar-refractivity contribution in [1.29, 1.82) is 0 Å². The molecule has 108 valence electrons. The number of nitrogens with one attached hydrogen (secondary N) is 1. The summed E-state index contributed by atoms with van der Waals surface area (Å²) >= 11 is 0. The van der Waals surface area contributed by atoms with Gasteiger partial charge in [-0.25, -0.2) is 0 Å². The zero-order valence-corrected chi connectivity index (χ0v) is 12.7. The Morgan fingerprint density at radius 2 is 2.21 bits per heavy atom. The fraction of sp³-hybridized carbons (Fsp3) is 0.812. The van der Waals surface area contributed by atoms with Gasteiger partial charge in [0.1, 0.15) is 0 Å². The Morgan fingerprint density at radius 1 is 1.42 bits per heavy atom. The van der Waals surface area contributed by atoms with Crippen molar-refractivity contribution in [3.63, 3.8) is 0 Å². The van der Waals surface area contributed by atoms with Crippen molar-refractivity contribution in [3.05, 3.63) is 18.0 Å². The summed E-state index contributed by atoms with van der Waals surface area (Å²) < 4.78 is 2.06. The molecule has 1 heterocycles. The van der Waals surface area contributed by atoms with Crippen molar-refractivity contribution in [2.75, 3.05) is 6.54 Å². The number of nitrogens with zero attached hydrogens (tertiary/aromatic N) is 2. The minimum absolute atomic E-state index is 0.471. The van der Waals surface area contributed by atoms with Gasteiger partial charge < -0.3 is 5.32 Å². The molecule has 0 aliphatic heterocycles. The molecule has 0 bridgehead atoms. The van der Waals surface area contributed by atoms with Crippen LogP contribution in [0.25, 0.3) is 0 Å². The van der Waals surface area contributed by atoms with Gasteiger partial charge in [-0.1, -0.05) is 6.92 Å². The SMILES string of the molecule is CCCNC(CCCc1ccn(C(C)C)n1)C1CC1. The number of hydrogen-bond acceptors (Lipinski definition) is 2. The first-order valence-corrected chi connectivity index (χ1v) is 7.98. The Morgan fingerprint density at radius 3 is 2.79 bits per heavy atom. The van der Waals surface area contributed by atoms with Gasteiger partial charge in [-0.2, -0.15) is 5.10 Å². The van der Waals surface area contributed by atoms with Crippen LogP contribution in [0.2, 0.25) is 0 Å².